The minimum Gasteiger partial charge on any atom is -0.346 e. The molecule has 1 saturated carbocycles. The molecule has 0 spiro atoms. The van der Waals surface area contributed by atoms with E-state index in [0.717, 1.165) is 23.8 Å². The van der Waals surface area contributed by atoms with Gasteiger partial charge in [-0.15, -0.1) is 12.0 Å². The van der Waals surface area contributed by atoms with E-state index in [1.165, 1.54) is 37.1 Å². The maximum Gasteiger partial charge on any atom is 0.141 e. The highest BCUT2D eigenvalue weighted by atomic mass is 15.7. The Hall–Kier alpha value is -2.23. The third-order valence-corrected chi connectivity index (χ3v) is 5.00. The van der Waals surface area contributed by atoms with E-state index in [9.17, 15) is 0 Å². The second-order valence-electron chi connectivity index (χ2n) is 6.41. The molecule has 1 aliphatic carbocycles. The third-order valence-electron chi connectivity index (χ3n) is 5.00. The number of H-pyrrole nitrogens is 1. The lowest BCUT2D eigenvalue weighted by Gasteiger charge is -2.29. The first kappa shape index (κ1) is 14.4. The molecule has 0 bridgehead atoms. The fourth-order valence-electron chi connectivity index (χ4n) is 3.80. The van der Waals surface area contributed by atoms with Crippen molar-refractivity contribution in [3.05, 3.63) is 23.5 Å². The Balaban J connectivity index is 1.47. The average Bonchev–Trinajstić information content (AvgIpc) is 3.21. The van der Waals surface area contributed by atoms with Crippen LogP contribution in [0.2, 0.25) is 0 Å². The Labute approximate surface area is 136 Å². The van der Waals surface area contributed by atoms with Gasteiger partial charge in [0.1, 0.15) is 12.2 Å². The summed E-state index contributed by atoms with van der Waals surface area (Å²) in [6.45, 7) is 1.71. The van der Waals surface area contributed by atoms with Crippen LogP contribution in [-0.4, -0.2) is 29.4 Å². The van der Waals surface area contributed by atoms with Gasteiger partial charge in [-0.05, 0) is 44.2 Å². The molecule has 0 unspecified atom stereocenters. The van der Waals surface area contributed by atoms with Gasteiger partial charge in [-0.1, -0.05) is 5.92 Å². The topological polar surface area (TPSA) is 67.5 Å². The zero-order valence-electron chi connectivity index (χ0n) is 13.1. The van der Waals surface area contributed by atoms with Crippen molar-refractivity contribution in [2.24, 2.45) is 16.8 Å². The molecule has 0 radical (unpaired) electrons. The molecule has 0 saturated heterocycles. The number of fused-ring (bicyclic) bond motifs is 3. The lowest BCUT2D eigenvalue weighted by Crippen LogP contribution is -2.38. The van der Waals surface area contributed by atoms with Crippen LogP contribution in [0.25, 0.3) is 5.70 Å². The summed E-state index contributed by atoms with van der Waals surface area (Å²) in [5.74, 6) is 4.89. The second kappa shape index (κ2) is 6.11. The van der Waals surface area contributed by atoms with Crippen molar-refractivity contribution >= 4 is 17.9 Å². The number of hydrogen-bond acceptors (Lipinski definition) is 5. The Kier molecular flexibility index (Phi) is 3.82. The van der Waals surface area contributed by atoms with Crippen LogP contribution in [0.5, 0.6) is 0 Å². The number of aromatic nitrogens is 1. The van der Waals surface area contributed by atoms with Crippen LogP contribution in [0.15, 0.2) is 23.0 Å². The fraction of sp³-hybridized carbons (Fsp3) is 0.471. The summed E-state index contributed by atoms with van der Waals surface area (Å²) in [6.07, 6.45) is 14.0. The smallest absolute Gasteiger partial charge is 0.141 e. The SMILES string of the molecule is C#CCNCC1CCC(C2=C3c4cc[nH]c4N=CN3NN2)CC1. The van der Waals surface area contributed by atoms with Crippen LogP contribution in [0.1, 0.15) is 31.2 Å². The molecule has 2 aliphatic heterocycles. The number of aromatic amines is 1. The van der Waals surface area contributed by atoms with Gasteiger partial charge in [-0.25, -0.2) is 10.0 Å². The first-order chi connectivity index (χ1) is 11.4. The lowest BCUT2D eigenvalue weighted by atomic mass is 9.79. The molecule has 4 N–H and O–H groups in total. The molecular formula is C17H22N6. The Morgan fingerprint density at radius 2 is 2.22 bits per heavy atom. The quantitative estimate of drug-likeness (QED) is 0.505. The Bertz CT molecular complexity index is 672. The van der Waals surface area contributed by atoms with Crippen LogP contribution in [0, 0.1) is 24.2 Å². The summed E-state index contributed by atoms with van der Waals surface area (Å²) in [4.78, 5) is 7.60. The maximum atomic E-state index is 5.29. The number of allylic oxidation sites excluding steroid dienone is 1. The van der Waals surface area contributed by atoms with Crippen molar-refractivity contribution in [1.29, 1.82) is 0 Å². The normalized spacial score (nSPS) is 25.8. The first-order valence-electron chi connectivity index (χ1n) is 8.28. The number of hydrazine groups is 2. The predicted octanol–water partition coefficient (Wildman–Crippen LogP) is 1.71. The molecular weight excluding hydrogens is 288 g/mol. The van der Waals surface area contributed by atoms with Gasteiger partial charge < -0.3 is 15.7 Å². The summed E-state index contributed by atoms with van der Waals surface area (Å²) >= 11 is 0. The highest BCUT2D eigenvalue weighted by Gasteiger charge is 2.33. The summed E-state index contributed by atoms with van der Waals surface area (Å²) in [6, 6.07) is 2.10. The molecule has 0 amide bonds. The maximum absolute atomic E-state index is 5.29. The molecule has 1 fully saturated rings. The molecule has 0 aromatic carbocycles. The van der Waals surface area contributed by atoms with Crippen molar-refractivity contribution in [3.8, 4) is 12.3 Å². The molecule has 6 heteroatoms. The highest BCUT2D eigenvalue weighted by molar-refractivity contribution is 5.87. The summed E-state index contributed by atoms with van der Waals surface area (Å²) in [7, 11) is 0. The molecule has 23 heavy (non-hydrogen) atoms. The van der Waals surface area contributed by atoms with Crippen LogP contribution >= 0.6 is 0 Å². The third kappa shape index (κ3) is 2.62. The molecule has 0 atom stereocenters. The van der Waals surface area contributed by atoms with Crippen LogP contribution in [-0.2, 0) is 0 Å². The molecule has 6 nitrogen and oxygen atoms in total. The number of nitrogens with zero attached hydrogens (tertiary/aromatic N) is 2. The predicted molar refractivity (Wildman–Crippen MR) is 91.1 cm³/mol. The van der Waals surface area contributed by atoms with Crippen molar-refractivity contribution < 1.29 is 0 Å². The molecule has 1 aromatic rings. The highest BCUT2D eigenvalue weighted by Crippen LogP contribution is 2.40. The van der Waals surface area contributed by atoms with Gasteiger partial charge in [0.15, 0.2) is 0 Å². The summed E-state index contributed by atoms with van der Waals surface area (Å²) in [5.41, 5.74) is 10.3. The van der Waals surface area contributed by atoms with Gasteiger partial charge in [-0.2, -0.15) is 0 Å². The van der Waals surface area contributed by atoms with E-state index < -0.39 is 0 Å². The van der Waals surface area contributed by atoms with E-state index in [2.05, 4.69) is 38.2 Å². The van der Waals surface area contributed by atoms with Crippen molar-refractivity contribution in [2.75, 3.05) is 13.1 Å². The van der Waals surface area contributed by atoms with Gasteiger partial charge in [0, 0.05) is 17.7 Å². The molecule has 120 valence electrons. The summed E-state index contributed by atoms with van der Waals surface area (Å²) in [5, 5.41) is 5.32. The molecule has 1 aromatic heterocycles. The zero-order valence-corrected chi connectivity index (χ0v) is 13.1. The zero-order chi connectivity index (χ0) is 15.6. The van der Waals surface area contributed by atoms with Crippen LogP contribution in [0.3, 0.4) is 0 Å². The standard InChI is InChI=1S/C17H22N6/c1-2-8-18-10-12-3-5-13(6-4-12)15-16-14-7-9-19-17(14)20-11-23(16)22-21-15/h1,7,9,11-13,18-19,21-22H,3-6,8,10H2. The lowest BCUT2D eigenvalue weighted by molar-refractivity contribution is 0.285. The summed E-state index contributed by atoms with van der Waals surface area (Å²) < 4.78 is 0. The minimum absolute atomic E-state index is 0.570. The van der Waals surface area contributed by atoms with E-state index >= 15 is 0 Å². The van der Waals surface area contributed by atoms with Crippen LogP contribution in [0.4, 0.5) is 5.82 Å². The molecule has 4 rings (SSSR count). The van der Waals surface area contributed by atoms with Crippen LogP contribution < -0.4 is 16.3 Å². The van der Waals surface area contributed by atoms with Crippen molar-refractivity contribution in [1.82, 2.24) is 26.3 Å². The number of hydrogen-bond donors (Lipinski definition) is 4. The van der Waals surface area contributed by atoms with E-state index in [-0.39, 0.29) is 0 Å². The monoisotopic (exact) mass is 310 g/mol. The second-order valence-corrected chi connectivity index (χ2v) is 6.41. The van der Waals surface area contributed by atoms with E-state index in [1.807, 2.05) is 17.5 Å². The fourth-order valence-corrected chi connectivity index (χ4v) is 3.80. The van der Waals surface area contributed by atoms with E-state index in [4.69, 9.17) is 6.42 Å². The van der Waals surface area contributed by atoms with Gasteiger partial charge in [-0.3, -0.25) is 0 Å². The largest absolute Gasteiger partial charge is 0.346 e. The molecule has 3 aliphatic rings. The number of nitrogens with one attached hydrogen (secondary N) is 4. The van der Waals surface area contributed by atoms with E-state index in [1.54, 1.807) is 0 Å². The van der Waals surface area contributed by atoms with E-state index in [0.29, 0.717) is 12.5 Å². The average molecular weight is 310 g/mol. The Morgan fingerprint density at radius 3 is 3.04 bits per heavy atom. The van der Waals surface area contributed by atoms with Gasteiger partial charge >= 0.3 is 0 Å². The Morgan fingerprint density at radius 1 is 1.35 bits per heavy atom. The number of aliphatic imine (C=N–C) groups is 1. The number of terminal acetylenes is 1. The first-order valence-corrected chi connectivity index (χ1v) is 8.28. The van der Waals surface area contributed by atoms with Crippen molar-refractivity contribution in [2.45, 2.75) is 25.7 Å². The molecule has 3 heterocycles. The van der Waals surface area contributed by atoms with Gasteiger partial charge in [0.05, 0.1) is 17.9 Å². The number of rotatable bonds is 4. The van der Waals surface area contributed by atoms with Gasteiger partial charge in [0.2, 0.25) is 0 Å². The van der Waals surface area contributed by atoms with Gasteiger partial charge in [0.25, 0.3) is 0 Å². The van der Waals surface area contributed by atoms with Crippen molar-refractivity contribution in [3.63, 3.8) is 0 Å². The minimum atomic E-state index is 0.570.